The number of carbonyl (C=O) groups excluding carboxylic acids is 1. The van der Waals surface area contributed by atoms with Crippen LogP contribution in [0.15, 0.2) is 0 Å². The number of nitrogens with zero attached hydrogens (tertiary/aromatic N) is 2. The monoisotopic (exact) mass is 285 g/mol. The van der Waals surface area contributed by atoms with Crippen LogP contribution < -0.4 is 5.32 Å². The number of esters is 1. The maximum Gasteiger partial charge on any atom is 0.326 e. The number of carbonyl (C=O) groups is 1. The lowest BCUT2D eigenvalue weighted by Crippen LogP contribution is -2.53. The van der Waals surface area contributed by atoms with Gasteiger partial charge in [0.1, 0.15) is 5.54 Å². The van der Waals surface area contributed by atoms with Gasteiger partial charge in [-0.25, -0.2) is 0 Å². The summed E-state index contributed by atoms with van der Waals surface area (Å²) in [4.78, 5) is 17.0. The van der Waals surface area contributed by atoms with Crippen molar-refractivity contribution < 1.29 is 9.53 Å². The second kappa shape index (κ2) is 8.60. The first-order valence-electron chi connectivity index (χ1n) is 7.92. The van der Waals surface area contributed by atoms with Gasteiger partial charge in [-0.15, -0.1) is 0 Å². The molecule has 1 N–H and O–H groups in total. The molecule has 1 aliphatic heterocycles. The average molecular weight is 285 g/mol. The van der Waals surface area contributed by atoms with Crippen LogP contribution >= 0.6 is 0 Å². The molecule has 0 spiro atoms. The molecule has 1 fully saturated rings. The van der Waals surface area contributed by atoms with E-state index in [1.807, 2.05) is 20.8 Å². The van der Waals surface area contributed by atoms with Crippen LogP contribution in [0.4, 0.5) is 0 Å². The van der Waals surface area contributed by atoms with E-state index in [1.54, 1.807) is 0 Å². The summed E-state index contributed by atoms with van der Waals surface area (Å²) in [6, 6.07) is 0. The number of likely N-dealkylation sites (N-methyl/N-ethyl adjacent to an activating group) is 2. The lowest BCUT2D eigenvalue weighted by Gasteiger charge is -2.36. The Morgan fingerprint density at radius 3 is 2.25 bits per heavy atom. The molecule has 0 radical (unpaired) electrons. The second-order valence-electron chi connectivity index (χ2n) is 5.61. The molecule has 1 unspecified atom stereocenters. The van der Waals surface area contributed by atoms with Gasteiger partial charge in [0.25, 0.3) is 0 Å². The van der Waals surface area contributed by atoms with Crippen LogP contribution in [0.5, 0.6) is 0 Å². The first kappa shape index (κ1) is 17.4. The highest BCUT2D eigenvalue weighted by Crippen LogP contribution is 2.14. The molecule has 20 heavy (non-hydrogen) atoms. The zero-order chi connectivity index (χ0) is 15.0. The summed E-state index contributed by atoms with van der Waals surface area (Å²) in [5.74, 6) is -0.131. The number of hydrogen-bond donors (Lipinski definition) is 1. The minimum Gasteiger partial charge on any atom is -0.465 e. The van der Waals surface area contributed by atoms with Gasteiger partial charge in [-0.3, -0.25) is 4.79 Å². The highest BCUT2D eigenvalue weighted by Gasteiger charge is 2.34. The molecule has 1 heterocycles. The summed E-state index contributed by atoms with van der Waals surface area (Å²) in [5.41, 5.74) is -0.563. The summed E-state index contributed by atoms with van der Waals surface area (Å²) in [6.45, 7) is 15.8. The van der Waals surface area contributed by atoms with E-state index < -0.39 is 5.54 Å². The van der Waals surface area contributed by atoms with Crippen LogP contribution in [-0.2, 0) is 9.53 Å². The Labute approximate surface area is 123 Å². The number of ether oxygens (including phenoxy) is 1. The first-order chi connectivity index (χ1) is 9.55. The Morgan fingerprint density at radius 2 is 1.75 bits per heavy atom. The molecule has 1 atom stereocenters. The van der Waals surface area contributed by atoms with E-state index in [0.717, 1.165) is 52.2 Å². The van der Waals surface area contributed by atoms with Crippen LogP contribution in [0.2, 0.25) is 0 Å². The maximum absolute atomic E-state index is 12.1. The fourth-order valence-corrected chi connectivity index (χ4v) is 2.65. The molecule has 5 nitrogen and oxygen atoms in total. The minimum atomic E-state index is -0.563. The fourth-order valence-electron chi connectivity index (χ4n) is 2.65. The minimum absolute atomic E-state index is 0.131. The van der Waals surface area contributed by atoms with Gasteiger partial charge >= 0.3 is 5.97 Å². The Balaban J connectivity index is 2.44. The predicted molar refractivity (Wildman–Crippen MR) is 81.9 cm³/mol. The zero-order valence-electron chi connectivity index (χ0n) is 13.6. The van der Waals surface area contributed by atoms with E-state index in [2.05, 4.69) is 22.0 Å². The lowest BCUT2D eigenvalue weighted by atomic mass is 9.97. The number of nitrogens with one attached hydrogen (secondary N) is 1. The van der Waals surface area contributed by atoms with Crippen molar-refractivity contribution in [1.82, 2.24) is 15.1 Å². The Kier molecular flexibility index (Phi) is 7.48. The molecular weight excluding hydrogens is 254 g/mol. The van der Waals surface area contributed by atoms with Gasteiger partial charge in [-0.1, -0.05) is 13.8 Å². The molecule has 0 amide bonds. The molecule has 5 heteroatoms. The lowest BCUT2D eigenvalue weighted by molar-refractivity contribution is -0.151. The highest BCUT2D eigenvalue weighted by molar-refractivity contribution is 5.80. The van der Waals surface area contributed by atoms with Crippen molar-refractivity contribution in [3.05, 3.63) is 0 Å². The van der Waals surface area contributed by atoms with Crippen LogP contribution in [0, 0.1) is 0 Å². The van der Waals surface area contributed by atoms with Crippen LogP contribution in [0.3, 0.4) is 0 Å². The topological polar surface area (TPSA) is 44.8 Å². The molecule has 1 rings (SSSR count). The van der Waals surface area contributed by atoms with Gasteiger partial charge in [0, 0.05) is 32.7 Å². The van der Waals surface area contributed by atoms with Gasteiger partial charge in [0.2, 0.25) is 0 Å². The summed E-state index contributed by atoms with van der Waals surface area (Å²) in [6.07, 6.45) is 0.797. The quantitative estimate of drug-likeness (QED) is 0.673. The first-order valence-corrected chi connectivity index (χ1v) is 7.92. The molecule has 0 aromatic rings. The Hall–Kier alpha value is -0.650. The van der Waals surface area contributed by atoms with Crippen LogP contribution in [-0.4, -0.2) is 73.7 Å². The molecule has 118 valence electrons. The normalized spacial score (nSPS) is 20.6. The number of rotatable bonds is 8. The third-order valence-corrected chi connectivity index (χ3v) is 4.13. The standard InChI is InChI=1S/C15H31N3O2/c1-5-16-15(4,14(19)20-7-3)8-9-18-12-10-17(6-2)11-13-18/h16H,5-13H2,1-4H3. The molecule has 0 bridgehead atoms. The second-order valence-corrected chi connectivity index (χ2v) is 5.61. The molecule has 0 aromatic carbocycles. The molecule has 1 aliphatic rings. The Morgan fingerprint density at radius 1 is 1.15 bits per heavy atom. The summed E-state index contributed by atoms with van der Waals surface area (Å²) in [5, 5.41) is 3.29. The van der Waals surface area contributed by atoms with Crippen LogP contribution in [0.25, 0.3) is 0 Å². The van der Waals surface area contributed by atoms with E-state index >= 15 is 0 Å². The van der Waals surface area contributed by atoms with E-state index in [9.17, 15) is 4.79 Å². The zero-order valence-corrected chi connectivity index (χ0v) is 13.6. The van der Waals surface area contributed by atoms with Crippen molar-refractivity contribution in [1.29, 1.82) is 0 Å². The van der Waals surface area contributed by atoms with Crippen molar-refractivity contribution in [3.63, 3.8) is 0 Å². The van der Waals surface area contributed by atoms with Crippen LogP contribution in [0.1, 0.15) is 34.1 Å². The van der Waals surface area contributed by atoms with Gasteiger partial charge in [0.05, 0.1) is 6.61 Å². The average Bonchev–Trinajstić information content (AvgIpc) is 2.46. The smallest absolute Gasteiger partial charge is 0.326 e. The van der Waals surface area contributed by atoms with Crippen molar-refractivity contribution >= 4 is 5.97 Å². The van der Waals surface area contributed by atoms with E-state index in [-0.39, 0.29) is 5.97 Å². The van der Waals surface area contributed by atoms with Gasteiger partial charge in [-0.2, -0.15) is 0 Å². The molecule has 0 aromatic heterocycles. The third-order valence-electron chi connectivity index (χ3n) is 4.13. The van der Waals surface area contributed by atoms with Crippen molar-refractivity contribution in [3.8, 4) is 0 Å². The number of piperazine rings is 1. The highest BCUT2D eigenvalue weighted by atomic mass is 16.5. The summed E-state index contributed by atoms with van der Waals surface area (Å²) >= 11 is 0. The predicted octanol–water partition coefficient (Wildman–Crippen LogP) is 0.945. The summed E-state index contributed by atoms with van der Waals surface area (Å²) < 4.78 is 5.21. The van der Waals surface area contributed by atoms with Gasteiger partial charge < -0.3 is 19.9 Å². The van der Waals surface area contributed by atoms with E-state index in [0.29, 0.717) is 6.61 Å². The van der Waals surface area contributed by atoms with E-state index in [1.165, 1.54) is 0 Å². The Bertz CT molecular complexity index is 291. The molecule has 0 saturated carbocycles. The summed E-state index contributed by atoms with van der Waals surface area (Å²) in [7, 11) is 0. The van der Waals surface area contributed by atoms with Crippen molar-refractivity contribution in [2.75, 3.05) is 52.4 Å². The molecule has 1 saturated heterocycles. The third kappa shape index (κ3) is 5.04. The van der Waals surface area contributed by atoms with E-state index in [4.69, 9.17) is 4.74 Å². The SMILES string of the molecule is CCNC(C)(CCN1CCN(CC)CC1)C(=O)OCC. The van der Waals surface area contributed by atoms with Gasteiger partial charge in [-0.05, 0) is 33.4 Å². The fraction of sp³-hybridized carbons (Fsp3) is 0.933. The number of hydrogen-bond acceptors (Lipinski definition) is 5. The largest absolute Gasteiger partial charge is 0.465 e. The van der Waals surface area contributed by atoms with Gasteiger partial charge in [0.15, 0.2) is 0 Å². The molecular formula is C15H31N3O2. The van der Waals surface area contributed by atoms with Crippen molar-refractivity contribution in [2.24, 2.45) is 0 Å². The molecule has 0 aliphatic carbocycles. The maximum atomic E-state index is 12.1. The van der Waals surface area contributed by atoms with Crippen molar-refractivity contribution in [2.45, 2.75) is 39.7 Å².